The summed E-state index contributed by atoms with van der Waals surface area (Å²) in [4.78, 5) is 33.8. The molecule has 0 N–H and O–H groups in total. The number of carbonyl (C=O) groups excluding carboxylic acids is 2. The van der Waals surface area contributed by atoms with Crippen molar-refractivity contribution in [2.24, 2.45) is 34.7 Å². The summed E-state index contributed by atoms with van der Waals surface area (Å²) in [5.41, 5.74) is 1.11. The quantitative estimate of drug-likeness (QED) is 0.731. The predicted molar refractivity (Wildman–Crippen MR) is 105 cm³/mol. The normalized spacial score (nSPS) is 34.8. The number of nitrogens with zero attached hydrogens (tertiary/aromatic N) is 2. The Morgan fingerprint density at radius 1 is 1.03 bits per heavy atom. The van der Waals surface area contributed by atoms with E-state index in [1.165, 1.54) is 4.90 Å². The molecule has 2 aliphatic heterocycles. The van der Waals surface area contributed by atoms with E-state index in [0.717, 1.165) is 17.7 Å². The van der Waals surface area contributed by atoms with Gasteiger partial charge >= 0.3 is 0 Å². The first-order chi connectivity index (χ1) is 13.8. The van der Waals surface area contributed by atoms with Crippen molar-refractivity contribution in [3.63, 3.8) is 0 Å². The molecule has 2 amide bonds. The van der Waals surface area contributed by atoms with Crippen LogP contribution in [0.2, 0.25) is 0 Å². The molecule has 0 radical (unpaired) electrons. The van der Waals surface area contributed by atoms with Gasteiger partial charge in [0.25, 0.3) is 0 Å². The van der Waals surface area contributed by atoms with E-state index in [1.807, 2.05) is 39.0 Å². The van der Waals surface area contributed by atoms with Gasteiger partial charge in [0, 0.05) is 22.9 Å². The van der Waals surface area contributed by atoms with Crippen LogP contribution in [0.4, 0.5) is 0 Å². The van der Waals surface area contributed by atoms with Crippen LogP contribution in [0, 0.1) is 29.6 Å². The molecule has 7 nitrogen and oxygen atoms in total. The number of fused-ring (bicyclic) bond motifs is 8. The lowest BCUT2D eigenvalue weighted by atomic mass is 9.71. The smallest absolute Gasteiger partial charge is 0.234 e. The van der Waals surface area contributed by atoms with Crippen LogP contribution in [0.15, 0.2) is 23.4 Å². The third-order valence-corrected chi connectivity index (χ3v) is 7.04. The van der Waals surface area contributed by atoms with Crippen LogP contribution in [-0.4, -0.2) is 48.3 Å². The van der Waals surface area contributed by atoms with Gasteiger partial charge in [-0.2, -0.15) is 0 Å². The number of methoxy groups -OCH3 is 2. The highest BCUT2D eigenvalue weighted by Gasteiger charge is 2.71. The Bertz CT molecular complexity index is 934. The van der Waals surface area contributed by atoms with Gasteiger partial charge in [-0.1, -0.05) is 5.16 Å². The number of carbonyl (C=O) groups is 2. The fourth-order valence-electron chi connectivity index (χ4n) is 6.02. The molecule has 5 rings (SSSR count). The monoisotopic (exact) mass is 398 g/mol. The summed E-state index contributed by atoms with van der Waals surface area (Å²) in [5.74, 6) is 0.812. The molecule has 154 valence electrons. The zero-order valence-electron chi connectivity index (χ0n) is 17.3. The zero-order chi connectivity index (χ0) is 20.7. The van der Waals surface area contributed by atoms with Gasteiger partial charge in [-0.3, -0.25) is 14.5 Å². The van der Waals surface area contributed by atoms with Crippen LogP contribution in [0.1, 0.15) is 32.8 Å². The van der Waals surface area contributed by atoms with Gasteiger partial charge < -0.3 is 14.3 Å². The maximum absolute atomic E-state index is 13.3. The number of ether oxygens (including phenoxy) is 2. The van der Waals surface area contributed by atoms with E-state index in [0.29, 0.717) is 11.5 Å². The summed E-state index contributed by atoms with van der Waals surface area (Å²) in [5, 5.41) is 4.41. The lowest BCUT2D eigenvalue weighted by molar-refractivity contribution is -0.146. The number of imide groups is 1. The highest BCUT2D eigenvalue weighted by atomic mass is 16.6. The Kier molecular flexibility index (Phi) is 3.80. The molecule has 1 saturated heterocycles. The standard InChI is InChI=1S/C22H26N2O5/c1-22(2,3)24-20(25)15-12-9-13(16(15)21(24)26)19-17(12)18(23-29-19)11-8-10(27-4)6-7-14(11)28-5/h6-8,12-13,15-17,19H,9H2,1-5H3/t12-,13+,15-,16+,17-,19-/m1/s1. The Balaban J connectivity index is 1.53. The van der Waals surface area contributed by atoms with Gasteiger partial charge in [0.2, 0.25) is 11.8 Å². The van der Waals surface area contributed by atoms with E-state index in [1.54, 1.807) is 14.2 Å². The SMILES string of the molecule is COc1ccc(OC)c(C2=NO[C@@H]3[C@H]4C[C@H]([C@H]5C(=O)N(C(C)(C)C)C(=O)[C@@H]45)[C@H]23)c1. The highest BCUT2D eigenvalue weighted by Crippen LogP contribution is 2.62. The minimum atomic E-state index is -0.513. The van der Waals surface area contributed by atoms with Gasteiger partial charge in [0.1, 0.15) is 17.6 Å². The number of hydrogen-bond acceptors (Lipinski definition) is 6. The first kappa shape index (κ1) is 18.5. The summed E-state index contributed by atoms with van der Waals surface area (Å²) in [7, 11) is 3.24. The topological polar surface area (TPSA) is 77.4 Å². The van der Waals surface area contributed by atoms with Crippen molar-refractivity contribution >= 4 is 17.5 Å². The molecule has 0 aromatic heterocycles. The molecule has 7 heteroatoms. The van der Waals surface area contributed by atoms with Crippen LogP contribution in [-0.2, 0) is 14.4 Å². The number of hydrogen-bond donors (Lipinski definition) is 0. The maximum Gasteiger partial charge on any atom is 0.234 e. The minimum absolute atomic E-state index is 0.0149. The number of oxime groups is 1. The van der Waals surface area contributed by atoms with Crippen LogP contribution in [0.5, 0.6) is 11.5 Å². The predicted octanol–water partition coefficient (Wildman–Crippen LogP) is 2.47. The van der Waals surface area contributed by atoms with Gasteiger partial charge in [-0.25, -0.2) is 0 Å². The molecule has 29 heavy (non-hydrogen) atoms. The summed E-state index contributed by atoms with van der Waals surface area (Å²) in [6.45, 7) is 5.74. The molecule has 4 aliphatic rings. The fraction of sp³-hybridized carbons (Fsp3) is 0.591. The van der Waals surface area contributed by atoms with E-state index >= 15 is 0 Å². The molecule has 6 atom stereocenters. The minimum Gasteiger partial charge on any atom is -0.497 e. The third-order valence-electron chi connectivity index (χ3n) is 7.04. The molecule has 2 bridgehead atoms. The molecule has 2 aliphatic carbocycles. The Hall–Kier alpha value is -2.57. The van der Waals surface area contributed by atoms with Crippen LogP contribution >= 0.6 is 0 Å². The van der Waals surface area contributed by atoms with E-state index in [9.17, 15) is 9.59 Å². The van der Waals surface area contributed by atoms with Crippen molar-refractivity contribution in [1.29, 1.82) is 0 Å². The first-order valence-corrected chi connectivity index (χ1v) is 10.1. The van der Waals surface area contributed by atoms with Crippen molar-refractivity contribution in [3.8, 4) is 11.5 Å². The summed E-state index contributed by atoms with van der Waals surface area (Å²) < 4.78 is 10.9. The summed E-state index contributed by atoms with van der Waals surface area (Å²) in [6.07, 6.45) is 0.662. The van der Waals surface area contributed by atoms with Crippen molar-refractivity contribution < 1.29 is 23.9 Å². The number of amides is 2. The maximum atomic E-state index is 13.3. The number of likely N-dealkylation sites (tertiary alicyclic amines) is 1. The van der Waals surface area contributed by atoms with Crippen LogP contribution in [0.25, 0.3) is 0 Å². The fourth-order valence-corrected chi connectivity index (χ4v) is 6.02. The average Bonchev–Trinajstić information content (AvgIpc) is 3.40. The van der Waals surface area contributed by atoms with Crippen molar-refractivity contribution in [3.05, 3.63) is 23.8 Å². The average molecular weight is 398 g/mol. The summed E-state index contributed by atoms with van der Waals surface area (Å²) >= 11 is 0. The molecule has 1 aromatic carbocycles. The van der Waals surface area contributed by atoms with Gasteiger partial charge in [0.05, 0.1) is 31.8 Å². The zero-order valence-corrected chi connectivity index (χ0v) is 17.3. The number of benzene rings is 1. The molecule has 0 spiro atoms. The Morgan fingerprint density at radius 3 is 2.34 bits per heavy atom. The van der Waals surface area contributed by atoms with Gasteiger partial charge in [-0.15, -0.1) is 0 Å². The molecular formula is C22H26N2O5. The Labute approximate surface area is 170 Å². The molecule has 2 saturated carbocycles. The third kappa shape index (κ3) is 2.33. The van der Waals surface area contributed by atoms with Crippen molar-refractivity contribution in [1.82, 2.24) is 4.90 Å². The largest absolute Gasteiger partial charge is 0.497 e. The number of rotatable bonds is 3. The van der Waals surface area contributed by atoms with Crippen molar-refractivity contribution in [2.45, 2.75) is 38.8 Å². The van der Waals surface area contributed by atoms with E-state index in [-0.39, 0.29) is 47.5 Å². The molecule has 1 aromatic rings. The molecule has 0 unspecified atom stereocenters. The lowest BCUT2D eigenvalue weighted by Gasteiger charge is -2.31. The van der Waals surface area contributed by atoms with Gasteiger partial charge in [-0.05, 0) is 51.3 Å². The van der Waals surface area contributed by atoms with Crippen LogP contribution < -0.4 is 9.47 Å². The second kappa shape index (κ2) is 5.97. The highest BCUT2D eigenvalue weighted by molar-refractivity contribution is 6.10. The van der Waals surface area contributed by atoms with E-state index in [4.69, 9.17) is 14.3 Å². The molecule has 3 fully saturated rings. The van der Waals surface area contributed by atoms with E-state index in [2.05, 4.69) is 5.16 Å². The van der Waals surface area contributed by atoms with E-state index < -0.39 is 5.54 Å². The van der Waals surface area contributed by atoms with Crippen molar-refractivity contribution in [2.75, 3.05) is 14.2 Å². The second-order valence-electron chi connectivity index (χ2n) is 9.44. The first-order valence-electron chi connectivity index (χ1n) is 10.1. The lowest BCUT2D eigenvalue weighted by Crippen LogP contribution is -2.46. The summed E-state index contributed by atoms with van der Waals surface area (Å²) in [6, 6.07) is 5.59. The Morgan fingerprint density at radius 2 is 1.72 bits per heavy atom. The second-order valence-corrected chi connectivity index (χ2v) is 9.44. The van der Waals surface area contributed by atoms with Crippen LogP contribution in [0.3, 0.4) is 0 Å². The molecule has 2 heterocycles. The van der Waals surface area contributed by atoms with Gasteiger partial charge in [0.15, 0.2) is 0 Å². The molecular weight excluding hydrogens is 372 g/mol.